The average molecular weight is 443 g/mol. The number of sulfone groups is 1. The molecule has 1 fully saturated rings. The lowest BCUT2D eigenvalue weighted by atomic mass is 10.1. The third-order valence-corrected chi connectivity index (χ3v) is 7.00. The largest absolute Gasteiger partial charge is 0.497 e. The van der Waals surface area contributed by atoms with Crippen LogP contribution < -0.4 is 20.3 Å². The minimum Gasteiger partial charge on any atom is -0.497 e. The summed E-state index contributed by atoms with van der Waals surface area (Å²) in [4.78, 5) is 30.0. The first-order valence-corrected chi connectivity index (χ1v) is 11.4. The normalized spacial score (nSPS) is 17.4. The Hall–Kier alpha value is -3.40. The highest BCUT2D eigenvalue weighted by atomic mass is 32.2. The minimum absolute atomic E-state index is 0.0579. The van der Waals surface area contributed by atoms with Gasteiger partial charge in [-0.05, 0) is 36.8 Å². The molecule has 9 nitrogen and oxygen atoms in total. The summed E-state index contributed by atoms with van der Waals surface area (Å²) in [6, 6.07) is 9.26. The van der Waals surface area contributed by atoms with Crippen LogP contribution in [-0.4, -0.2) is 55.6 Å². The Labute approximate surface area is 178 Å². The van der Waals surface area contributed by atoms with Crippen molar-refractivity contribution in [3.8, 4) is 17.2 Å². The lowest BCUT2D eigenvalue weighted by Crippen LogP contribution is -2.35. The second kappa shape index (κ2) is 8.03. The van der Waals surface area contributed by atoms with Crippen LogP contribution >= 0.6 is 0 Å². The van der Waals surface area contributed by atoms with Crippen LogP contribution in [0.1, 0.15) is 16.8 Å². The summed E-state index contributed by atoms with van der Waals surface area (Å²) in [7, 11) is -0.0623. The number of amides is 1. The van der Waals surface area contributed by atoms with Gasteiger partial charge in [0, 0.05) is 17.7 Å². The summed E-state index contributed by atoms with van der Waals surface area (Å²) in [6.45, 7) is 0. The highest BCUT2D eigenvalue weighted by molar-refractivity contribution is 7.91. The number of benzene rings is 2. The molecule has 4 rings (SSSR count). The molecule has 3 aromatic rings. The van der Waals surface area contributed by atoms with Gasteiger partial charge < -0.3 is 14.8 Å². The number of nitrogens with zero attached hydrogens (tertiary/aromatic N) is 2. The van der Waals surface area contributed by atoms with E-state index in [1.165, 1.54) is 43.3 Å². The lowest BCUT2D eigenvalue weighted by Gasteiger charge is -2.13. The molecule has 1 aromatic heterocycles. The standard InChI is InChI=1S/C21H21N3O6S/c1-29-15-4-6-19(30-2)18(10-15)24-12-22-17-9-13(3-5-16(17)21(24)26)20(25)23-14-7-8-31(27,28)11-14/h3-6,9-10,12,14H,7-8,11H2,1-2H3,(H,23,25)/t14-/m1/s1. The van der Waals surface area contributed by atoms with E-state index < -0.39 is 21.8 Å². The van der Waals surface area contributed by atoms with E-state index in [2.05, 4.69) is 10.3 Å². The van der Waals surface area contributed by atoms with Crippen LogP contribution in [0, 0.1) is 0 Å². The van der Waals surface area contributed by atoms with E-state index in [-0.39, 0.29) is 17.1 Å². The van der Waals surface area contributed by atoms with Crippen molar-refractivity contribution in [1.29, 1.82) is 0 Å². The molecule has 1 aliphatic heterocycles. The number of nitrogens with one attached hydrogen (secondary N) is 1. The first-order valence-electron chi connectivity index (χ1n) is 9.56. The smallest absolute Gasteiger partial charge is 0.265 e. The molecule has 2 heterocycles. The molecule has 0 unspecified atom stereocenters. The maximum atomic E-state index is 13.1. The average Bonchev–Trinajstić information content (AvgIpc) is 3.11. The number of ether oxygens (including phenoxy) is 2. The number of hydrogen-bond acceptors (Lipinski definition) is 7. The molecular formula is C21H21N3O6S. The molecular weight excluding hydrogens is 422 g/mol. The SMILES string of the molecule is COc1ccc(OC)c(-n2cnc3cc(C(=O)N[C@@H]4CCS(=O)(=O)C4)ccc3c2=O)c1. The van der Waals surface area contributed by atoms with Crippen LogP contribution in [0.5, 0.6) is 11.5 Å². The van der Waals surface area contributed by atoms with Gasteiger partial charge in [-0.25, -0.2) is 13.4 Å². The summed E-state index contributed by atoms with van der Waals surface area (Å²) in [5.74, 6) is 0.655. The van der Waals surface area contributed by atoms with Crippen molar-refractivity contribution >= 4 is 26.6 Å². The van der Waals surface area contributed by atoms with Gasteiger partial charge in [0.2, 0.25) is 0 Å². The van der Waals surface area contributed by atoms with Gasteiger partial charge in [-0.3, -0.25) is 14.2 Å². The fourth-order valence-corrected chi connectivity index (χ4v) is 5.27. The van der Waals surface area contributed by atoms with E-state index in [0.717, 1.165) is 0 Å². The predicted octanol–water partition coefficient (Wildman–Crippen LogP) is 1.32. The molecule has 162 valence electrons. The van der Waals surface area contributed by atoms with Crippen molar-refractivity contribution in [3.63, 3.8) is 0 Å². The monoisotopic (exact) mass is 443 g/mol. The predicted molar refractivity (Wildman–Crippen MR) is 115 cm³/mol. The van der Waals surface area contributed by atoms with E-state index in [1.807, 2.05) is 0 Å². The topological polar surface area (TPSA) is 117 Å². The molecule has 0 saturated carbocycles. The van der Waals surface area contributed by atoms with Crippen LogP contribution in [0.3, 0.4) is 0 Å². The number of rotatable bonds is 5. The highest BCUT2D eigenvalue weighted by Crippen LogP contribution is 2.27. The minimum atomic E-state index is -3.10. The van der Waals surface area contributed by atoms with Crippen molar-refractivity contribution in [2.75, 3.05) is 25.7 Å². The molecule has 1 aliphatic rings. The number of carbonyl (C=O) groups is 1. The molecule has 1 amide bonds. The molecule has 0 radical (unpaired) electrons. The molecule has 1 saturated heterocycles. The fraction of sp³-hybridized carbons (Fsp3) is 0.286. The van der Waals surface area contributed by atoms with Crippen molar-refractivity contribution in [2.45, 2.75) is 12.5 Å². The van der Waals surface area contributed by atoms with Gasteiger partial charge in [0.25, 0.3) is 11.5 Å². The van der Waals surface area contributed by atoms with Gasteiger partial charge in [-0.15, -0.1) is 0 Å². The van der Waals surface area contributed by atoms with Gasteiger partial charge in [0.1, 0.15) is 17.8 Å². The van der Waals surface area contributed by atoms with Crippen LogP contribution in [0.15, 0.2) is 47.5 Å². The van der Waals surface area contributed by atoms with Crippen LogP contribution in [0.4, 0.5) is 0 Å². The van der Waals surface area contributed by atoms with Crippen LogP contribution in [-0.2, 0) is 9.84 Å². The number of aromatic nitrogens is 2. The summed E-state index contributed by atoms with van der Waals surface area (Å²) in [5, 5.41) is 3.06. The maximum Gasteiger partial charge on any atom is 0.265 e. The molecule has 0 aliphatic carbocycles. The van der Waals surface area contributed by atoms with E-state index in [4.69, 9.17) is 9.47 Å². The molecule has 1 atom stereocenters. The summed E-state index contributed by atoms with van der Waals surface area (Å²) >= 11 is 0. The Morgan fingerprint density at radius 3 is 2.65 bits per heavy atom. The first-order chi connectivity index (χ1) is 14.8. The second-order valence-electron chi connectivity index (χ2n) is 7.26. The highest BCUT2D eigenvalue weighted by Gasteiger charge is 2.29. The van der Waals surface area contributed by atoms with E-state index in [0.29, 0.717) is 40.1 Å². The maximum absolute atomic E-state index is 13.1. The molecule has 0 spiro atoms. The van der Waals surface area contributed by atoms with Crippen molar-refractivity contribution in [3.05, 3.63) is 58.6 Å². The second-order valence-corrected chi connectivity index (χ2v) is 9.49. The number of hydrogen-bond donors (Lipinski definition) is 1. The van der Waals surface area contributed by atoms with Gasteiger partial charge in [0.15, 0.2) is 9.84 Å². The third kappa shape index (κ3) is 4.11. The molecule has 1 N–H and O–H groups in total. The van der Waals surface area contributed by atoms with Gasteiger partial charge in [0.05, 0.1) is 42.3 Å². The molecule has 31 heavy (non-hydrogen) atoms. The zero-order valence-corrected chi connectivity index (χ0v) is 17.8. The van der Waals surface area contributed by atoms with Gasteiger partial charge >= 0.3 is 0 Å². The molecule has 2 aromatic carbocycles. The van der Waals surface area contributed by atoms with Crippen LogP contribution in [0.2, 0.25) is 0 Å². The lowest BCUT2D eigenvalue weighted by molar-refractivity contribution is 0.0941. The Balaban J connectivity index is 1.68. The fourth-order valence-electron chi connectivity index (χ4n) is 3.60. The number of carbonyl (C=O) groups excluding carboxylic acids is 1. The zero-order chi connectivity index (χ0) is 22.2. The van der Waals surface area contributed by atoms with Crippen molar-refractivity contribution in [1.82, 2.24) is 14.9 Å². The van der Waals surface area contributed by atoms with E-state index in [9.17, 15) is 18.0 Å². The quantitative estimate of drug-likeness (QED) is 0.632. The summed E-state index contributed by atoms with van der Waals surface area (Å²) in [5.41, 5.74) is 0.811. The van der Waals surface area contributed by atoms with Crippen molar-refractivity contribution in [2.24, 2.45) is 0 Å². The zero-order valence-electron chi connectivity index (χ0n) is 17.0. The van der Waals surface area contributed by atoms with E-state index >= 15 is 0 Å². The first kappa shape index (κ1) is 20.9. The number of fused-ring (bicyclic) bond motifs is 1. The number of methoxy groups -OCH3 is 2. The summed E-state index contributed by atoms with van der Waals surface area (Å²) < 4.78 is 35.1. The Kier molecular flexibility index (Phi) is 5.40. The Bertz CT molecular complexity index is 1330. The van der Waals surface area contributed by atoms with Crippen LogP contribution in [0.25, 0.3) is 16.6 Å². The van der Waals surface area contributed by atoms with Gasteiger partial charge in [-0.2, -0.15) is 0 Å². The Morgan fingerprint density at radius 2 is 1.97 bits per heavy atom. The molecule has 10 heteroatoms. The Morgan fingerprint density at radius 1 is 1.16 bits per heavy atom. The van der Waals surface area contributed by atoms with E-state index in [1.54, 1.807) is 18.2 Å². The third-order valence-electron chi connectivity index (χ3n) is 5.23. The summed E-state index contributed by atoms with van der Waals surface area (Å²) in [6.07, 6.45) is 1.76. The molecule has 0 bridgehead atoms. The van der Waals surface area contributed by atoms with Gasteiger partial charge in [-0.1, -0.05) is 0 Å². The van der Waals surface area contributed by atoms with Crippen molar-refractivity contribution < 1.29 is 22.7 Å².